The van der Waals surface area contributed by atoms with E-state index in [0.717, 1.165) is 11.3 Å². The fourth-order valence-electron chi connectivity index (χ4n) is 2.17. The van der Waals surface area contributed by atoms with Gasteiger partial charge in [-0.3, -0.25) is 0 Å². The van der Waals surface area contributed by atoms with Crippen LogP contribution in [0.15, 0.2) is 59.2 Å². The molecule has 24 heavy (non-hydrogen) atoms. The van der Waals surface area contributed by atoms with Crippen molar-refractivity contribution in [1.82, 2.24) is 4.98 Å². The normalized spacial score (nSPS) is 10.8. The van der Waals surface area contributed by atoms with E-state index in [2.05, 4.69) is 9.72 Å². The topological polar surface area (TPSA) is 44.5 Å². The first kappa shape index (κ1) is 16.0. The first-order valence-corrected chi connectivity index (χ1v) is 7.30. The number of halogens is 2. The highest BCUT2D eigenvalue weighted by Crippen LogP contribution is 2.34. The average molecular weight is 331 g/mol. The van der Waals surface area contributed by atoms with Crippen LogP contribution in [0.1, 0.15) is 11.3 Å². The molecule has 3 aromatic rings. The first-order valence-electron chi connectivity index (χ1n) is 7.30. The Morgan fingerprint density at radius 2 is 1.88 bits per heavy atom. The number of oxazole rings is 1. The van der Waals surface area contributed by atoms with E-state index in [1.165, 1.54) is 12.3 Å². The number of aromatic nitrogens is 1. The Balaban J connectivity index is 1.87. The smallest absolute Gasteiger partial charge is 0.387 e. The minimum Gasteiger partial charge on any atom is -0.485 e. The van der Waals surface area contributed by atoms with Gasteiger partial charge in [-0.2, -0.15) is 8.78 Å². The van der Waals surface area contributed by atoms with Crippen molar-refractivity contribution in [2.24, 2.45) is 0 Å². The second-order valence-corrected chi connectivity index (χ2v) is 5.11. The maximum atomic E-state index is 12.6. The van der Waals surface area contributed by atoms with Crippen LogP contribution in [0.3, 0.4) is 0 Å². The highest BCUT2D eigenvalue weighted by atomic mass is 19.3. The summed E-state index contributed by atoms with van der Waals surface area (Å²) in [5, 5.41) is 0. The van der Waals surface area contributed by atoms with Crippen molar-refractivity contribution in [3.63, 3.8) is 0 Å². The van der Waals surface area contributed by atoms with Crippen molar-refractivity contribution in [3.8, 4) is 23.0 Å². The second kappa shape index (κ2) is 7.12. The summed E-state index contributed by atoms with van der Waals surface area (Å²) in [5.74, 6) is 0.557. The summed E-state index contributed by atoms with van der Waals surface area (Å²) < 4.78 is 40.7. The Morgan fingerprint density at radius 3 is 2.54 bits per heavy atom. The van der Waals surface area contributed by atoms with Gasteiger partial charge >= 0.3 is 6.61 Å². The molecule has 4 nitrogen and oxygen atoms in total. The summed E-state index contributed by atoms with van der Waals surface area (Å²) in [6.07, 6.45) is 1.52. The highest BCUT2D eigenvalue weighted by Gasteiger charge is 2.14. The van der Waals surface area contributed by atoms with Crippen molar-refractivity contribution in [2.75, 3.05) is 0 Å². The molecule has 6 heteroatoms. The lowest BCUT2D eigenvalue weighted by Crippen LogP contribution is -2.05. The van der Waals surface area contributed by atoms with E-state index in [1.807, 2.05) is 30.3 Å². The summed E-state index contributed by atoms with van der Waals surface area (Å²) >= 11 is 0. The van der Waals surface area contributed by atoms with Crippen molar-refractivity contribution >= 4 is 0 Å². The van der Waals surface area contributed by atoms with Crippen LogP contribution in [-0.4, -0.2) is 11.6 Å². The number of ether oxygens (including phenoxy) is 2. The van der Waals surface area contributed by atoms with Crippen LogP contribution >= 0.6 is 0 Å². The summed E-state index contributed by atoms with van der Waals surface area (Å²) in [7, 11) is 0. The minimum absolute atomic E-state index is 0.0343. The third-order valence-electron chi connectivity index (χ3n) is 3.26. The number of benzene rings is 2. The van der Waals surface area contributed by atoms with E-state index in [0.29, 0.717) is 11.5 Å². The third-order valence-corrected chi connectivity index (χ3v) is 3.26. The highest BCUT2D eigenvalue weighted by molar-refractivity contribution is 5.60. The Hall–Kier alpha value is -2.89. The minimum atomic E-state index is -2.93. The van der Waals surface area contributed by atoms with E-state index in [-0.39, 0.29) is 18.1 Å². The molecule has 0 N–H and O–H groups in total. The lowest BCUT2D eigenvalue weighted by Gasteiger charge is -2.13. The molecule has 0 fully saturated rings. The summed E-state index contributed by atoms with van der Waals surface area (Å²) in [4.78, 5) is 4.22. The molecule has 0 radical (unpaired) electrons. The van der Waals surface area contributed by atoms with Gasteiger partial charge in [0.25, 0.3) is 0 Å². The molecule has 0 bridgehead atoms. The van der Waals surface area contributed by atoms with Crippen LogP contribution in [0.25, 0.3) is 11.5 Å². The van der Waals surface area contributed by atoms with Crippen LogP contribution in [0.4, 0.5) is 8.78 Å². The molecule has 2 aromatic carbocycles. The average Bonchev–Trinajstić information content (AvgIpc) is 3.01. The predicted octanol–water partition coefficient (Wildman–Crippen LogP) is 4.83. The first-order chi connectivity index (χ1) is 11.6. The quantitative estimate of drug-likeness (QED) is 0.649. The Bertz CT molecular complexity index is 803. The van der Waals surface area contributed by atoms with Crippen LogP contribution in [0.2, 0.25) is 0 Å². The van der Waals surface area contributed by atoms with Crippen LogP contribution < -0.4 is 9.47 Å². The molecular weight excluding hydrogens is 316 g/mol. The van der Waals surface area contributed by atoms with E-state index in [4.69, 9.17) is 9.15 Å². The lowest BCUT2D eigenvalue weighted by atomic mass is 10.2. The number of rotatable bonds is 6. The number of aryl methyl sites for hydroxylation is 1. The zero-order valence-electron chi connectivity index (χ0n) is 12.9. The van der Waals surface area contributed by atoms with E-state index in [9.17, 15) is 8.78 Å². The van der Waals surface area contributed by atoms with Crippen molar-refractivity contribution < 1.29 is 22.7 Å². The summed E-state index contributed by atoms with van der Waals surface area (Å²) in [5.41, 5.74) is 2.26. The molecule has 0 aliphatic rings. The van der Waals surface area contributed by atoms with Crippen molar-refractivity contribution in [2.45, 2.75) is 20.1 Å². The second-order valence-electron chi connectivity index (χ2n) is 5.11. The van der Waals surface area contributed by atoms with Crippen LogP contribution in [0, 0.1) is 6.92 Å². The maximum Gasteiger partial charge on any atom is 0.387 e. The SMILES string of the molecule is Cc1coc(-c2ccc(OC(F)F)c(OCc3ccccc3)c2)n1. The van der Waals surface area contributed by atoms with E-state index >= 15 is 0 Å². The van der Waals surface area contributed by atoms with E-state index in [1.54, 1.807) is 19.1 Å². The van der Waals surface area contributed by atoms with Gasteiger partial charge in [-0.1, -0.05) is 30.3 Å². The van der Waals surface area contributed by atoms with Crippen molar-refractivity contribution in [1.29, 1.82) is 0 Å². The van der Waals surface area contributed by atoms with Gasteiger partial charge in [0.2, 0.25) is 5.89 Å². The summed E-state index contributed by atoms with van der Waals surface area (Å²) in [6.45, 7) is -0.901. The standard InChI is InChI=1S/C18H15F2NO3/c1-12-10-23-17(21-12)14-7-8-15(24-18(19)20)16(9-14)22-11-13-5-3-2-4-6-13/h2-10,18H,11H2,1H3. The number of nitrogens with zero attached hydrogens (tertiary/aromatic N) is 1. The van der Waals surface area contributed by atoms with E-state index < -0.39 is 6.61 Å². The molecule has 0 saturated carbocycles. The molecule has 0 amide bonds. The molecule has 0 aliphatic carbocycles. The van der Waals surface area contributed by atoms with Gasteiger partial charge < -0.3 is 13.9 Å². The third kappa shape index (κ3) is 3.90. The molecule has 0 spiro atoms. The van der Waals surface area contributed by atoms with Gasteiger partial charge in [0.05, 0.1) is 5.69 Å². The number of hydrogen-bond donors (Lipinski definition) is 0. The number of alkyl halides is 2. The van der Waals surface area contributed by atoms with Crippen LogP contribution in [0.5, 0.6) is 11.5 Å². The molecule has 0 aliphatic heterocycles. The Morgan fingerprint density at radius 1 is 1.08 bits per heavy atom. The van der Waals surface area contributed by atoms with Gasteiger partial charge in [-0.25, -0.2) is 4.98 Å². The maximum absolute atomic E-state index is 12.6. The predicted molar refractivity (Wildman–Crippen MR) is 84.1 cm³/mol. The molecule has 1 aromatic heterocycles. The molecule has 0 unspecified atom stereocenters. The molecular formula is C18H15F2NO3. The lowest BCUT2D eigenvalue weighted by molar-refractivity contribution is -0.0515. The van der Waals surface area contributed by atoms with Gasteiger partial charge in [0, 0.05) is 5.56 Å². The largest absolute Gasteiger partial charge is 0.485 e. The fraction of sp³-hybridized carbons (Fsp3) is 0.167. The fourth-order valence-corrected chi connectivity index (χ4v) is 2.17. The molecule has 0 atom stereocenters. The van der Waals surface area contributed by atoms with Crippen molar-refractivity contribution in [3.05, 3.63) is 66.1 Å². The van der Waals surface area contributed by atoms with Gasteiger partial charge in [0.1, 0.15) is 12.9 Å². The molecule has 0 saturated heterocycles. The number of hydrogen-bond acceptors (Lipinski definition) is 4. The summed E-state index contributed by atoms with van der Waals surface area (Å²) in [6, 6.07) is 14.0. The Labute approximate surface area is 137 Å². The van der Waals surface area contributed by atoms with Crippen LogP contribution in [-0.2, 0) is 6.61 Å². The molecule has 124 valence electrons. The van der Waals surface area contributed by atoms with Gasteiger partial charge in [-0.15, -0.1) is 0 Å². The zero-order chi connectivity index (χ0) is 16.9. The van der Waals surface area contributed by atoms with Gasteiger partial charge in [-0.05, 0) is 30.7 Å². The van der Waals surface area contributed by atoms with Gasteiger partial charge in [0.15, 0.2) is 11.5 Å². The monoisotopic (exact) mass is 331 g/mol. The molecule has 1 heterocycles. The zero-order valence-corrected chi connectivity index (χ0v) is 12.9. The Kier molecular flexibility index (Phi) is 4.74. The molecule has 3 rings (SSSR count).